The quantitative estimate of drug-likeness (QED) is 0.678. The minimum absolute atomic E-state index is 0.602. The molecular weight excluding hydrogens is 352 g/mol. The average molecular weight is 376 g/mol. The molecule has 0 unspecified atom stereocenters. The zero-order chi connectivity index (χ0) is 18.9. The number of piperazine rings is 1. The largest absolute Gasteiger partial charge is 0.480 e. The van der Waals surface area contributed by atoms with E-state index >= 15 is 0 Å². The molecule has 0 N–H and O–H groups in total. The van der Waals surface area contributed by atoms with E-state index in [2.05, 4.69) is 36.9 Å². The third-order valence-corrected chi connectivity index (χ3v) is 5.57. The van der Waals surface area contributed by atoms with Crippen LogP contribution in [-0.4, -0.2) is 58.1 Å². The first-order chi connectivity index (χ1) is 13.8. The number of hydrogen-bond donors (Lipinski definition) is 0. The molecule has 1 saturated heterocycles. The molecule has 1 aromatic carbocycles. The van der Waals surface area contributed by atoms with Crippen LogP contribution in [0.3, 0.4) is 0 Å². The van der Waals surface area contributed by atoms with Crippen LogP contribution in [0.1, 0.15) is 30.3 Å². The maximum absolute atomic E-state index is 5.39. The predicted octanol–water partition coefficient (Wildman–Crippen LogP) is 2.63. The van der Waals surface area contributed by atoms with Crippen LogP contribution in [0.2, 0.25) is 0 Å². The molecule has 5 rings (SSSR count). The molecule has 0 spiro atoms. The zero-order valence-corrected chi connectivity index (χ0v) is 16.1. The van der Waals surface area contributed by atoms with Gasteiger partial charge in [0, 0.05) is 50.5 Å². The molecule has 3 aromatic rings. The fraction of sp³-hybridized carbons (Fsp3) is 0.429. The van der Waals surface area contributed by atoms with Crippen LogP contribution in [0.25, 0.3) is 10.9 Å². The number of methoxy groups -OCH3 is 1. The molecule has 2 fully saturated rings. The number of anilines is 1. The summed E-state index contributed by atoms with van der Waals surface area (Å²) < 4.78 is 5.39. The summed E-state index contributed by atoms with van der Waals surface area (Å²) >= 11 is 0. The first-order valence-corrected chi connectivity index (χ1v) is 9.88. The Kier molecular flexibility index (Phi) is 4.52. The molecule has 2 aromatic heterocycles. The Bertz CT molecular complexity index is 982. The maximum Gasteiger partial charge on any atom is 0.224 e. The van der Waals surface area contributed by atoms with E-state index < -0.39 is 0 Å². The van der Waals surface area contributed by atoms with Crippen molar-refractivity contribution in [1.82, 2.24) is 24.8 Å². The molecule has 2 aliphatic rings. The van der Waals surface area contributed by atoms with E-state index in [-0.39, 0.29) is 0 Å². The van der Waals surface area contributed by atoms with Gasteiger partial charge in [-0.2, -0.15) is 0 Å². The highest BCUT2D eigenvalue weighted by molar-refractivity contribution is 5.86. The molecule has 7 heteroatoms. The topological polar surface area (TPSA) is 67.3 Å². The van der Waals surface area contributed by atoms with Gasteiger partial charge in [0.1, 0.15) is 12.2 Å². The summed E-state index contributed by atoms with van der Waals surface area (Å²) in [4.78, 5) is 22.6. The van der Waals surface area contributed by atoms with Gasteiger partial charge in [-0.25, -0.2) is 19.9 Å². The summed E-state index contributed by atoms with van der Waals surface area (Å²) in [5, 5.41) is 0.957. The fourth-order valence-corrected chi connectivity index (χ4v) is 3.81. The second-order valence-electron chi connectivity index (χ2n) is 7.53. The number of fused-ring (bicyclic) bond motifs is 1. The first kappa shape index (κ1) is 17.3. The average Bonchev–Trinajstić information content (AvgIpc) is 3.59. The smallest absolute Gasteiger partial charge is 0.224 e. The SMILES string of the molecule is COc1ncnc2ccc(N3CCN(Cc4ccnc(C5CC5)n4)CC3)cc12. The van der Waals surface area contributed by atoms with E-state index in [0.717, 1.165) is 55.1 Å². The van der Waals surface area contributed by atoms with Gasteiger partial charge in [0.2, 0.25) is 5.88 Å². The van der Waals surface area contributed by atoms with E-state index in [1.165, 1.54) is 18.5 Å². The van der Waals surface area contributed by atoms with Crippen LogP contribution >= 0.6 is 0 Å². The van der Waals surface area contributed by atoms with Crippen molar-refractivity contribution in [1.29, 1.82) is 0 Å². The minimum atomic E-state index is 0.602. The molecular formula is C21H24N6O. The summed E-state index contributed by atoms with van der Waals surface area (Å²) in [6.07, 6.45) is 5.94. The summed E-state index contributed by atoms with van der Waals surface area (Å²) in [6, 6.07) is 8.36. The number of hydrogen-bond acceptors (Lipinski definition) is 7. The van der Waals surface area contributed by atoms with Gasteiger partial charge < -0.3 is 9.64 Å². The predicted molar refractivity (Wildman–Crippen MR) is 108 cm³/mol. The summed E-state index contributed by atoms with van der Waals surface area (Å²) in [5.41, 5.74) is 3.24. The Morgan fingerprint density at radius 2 is 1.89 bits per heavy atom. The van der Waals surface area contributed by atoms with Gasteiger partial charge in [0.15, 0.2) is 0 Å². The van der Waals surface area contributed by atoms with E-state index in [1.807, 2.05) is 18.3 Å². The summed E-state index contributed by atoms with van der Waals surface area (Å²) in [5.74, 6) is 2.26. The Morgan fingerprint density at radius 3 is 2.68 bits per heavy atom. The molecule has 1 saturated carbocycles. The minimum Gasteiger partial charge on any atom is -0.480 e. The van der Waals surface area contributed by atoms with Crippen molar-refractivity contribution >= 4 is 16.6 Å². The zero-order valence-electron chi connectivity index (χ0n) is 16.1. The summed E-state index contributed by atoms with van der Waals surface area (Å²) in [7, 11) is 1.65. The van der Waals surface area contributed by atoms with Crippen LogP contribution in [0.15, 0.2) is 36.8 Å². The van der Waals surface area contributed by atoms with E-state index in [1.54, 1.807) is 13.4 Å². The van der Waals surface area contributed by atoms with Gasteiger partial charge in [-0.1, -0.05) is 0 Å². The van der Waals surface area contributed by atoms with Gasteiger partial charge in [-0.15, -0.1) is 0 Å². The van der Waals surface area contributed by atoms with Crippen molar-refractivity contribution in [3.63, 3.8) is 0 Å². The Balaban J connectivity index is 1.25. The normalized spacial score (nSPS) is 17.8. The van der Waals surface area contributed by atoms with Crippen molar-refractivity contribution in [3.05, 3.63) is 48.3 Å². The molecule has 0 amide bonds. The lowest BCUT2D eigenvalue weighted by Gasteiger charge is -2.36. The first-order valence-electron chi connectivity index (χ1n) is 9.88. The number of ether oxygens (including phenoxy) is 1. The lowest BCUT2D eigenvalue weighted by Crippen LogP contribution is -2.46. The lowest BCUT2D eigenvalue weighted by molar-refractivity contribution is 0.247. The van der Waals surface area contributed by atoms with Gasteiger partial charge in [-0.3, -0.25) is 4.90 Å². The molecule has 0 radical (unpaired) electrons. The monoisotopic (exact) mass is 376 g/mol. The molecule has 28 heavy (non-hydrogen) atoms. The van der Waals surface area contributed by atoms with Crippen LogP contribution in [0.5, 0.6) is 5.88 Å². The Morgan fingerprint density at radius 1 is 1.04 bits per heavy atom. The third kappa shape index (κ3) is 3.49. The van der Waals surface area contributed by atoms with Crippen LogP contribution < -0.4 is 9.64 Å². The van der Waals surface area contributed by atoms with Crippen molar-refractivity contribution in [2.24, 2.45) is 0 Å². The third-order valence-electron chi connectivity index (χ3n) is 5.57. The van der Waals surface area contributed by atoms with E-state index in [0.29, 0.717) is 11.8 Å². The fourth-order valence-electron chi connectivity index (χ4n) is 3.81. The Labute approximate surface area is 164 Å². The van der Waals surface area contributed by atoms with Crippen LogP contribution in [-0.2, 0) is 6.54 Å². The van der Waals surface area contributed by atoms with Gasteiger partial charge in [0.05, 0.1) is 23.7 Å². The second-order valence-corrected chi connectivity index (χ2v) is 7.53. The highest BCUT2D eigenvalue weighted by Crippen LogP contribution is 2.37. The van der Waals surface area contributed by atoms with Crippen molar-refractivity contribution < 1.29 is 4.74 Å². The van der Waals surface area contributed by atoms with Crippen LogP contribution in [0, 0.1) is 0 Å². The van der Waals surface area contributed by atoms with Gasteiger partial charge in [-0.05, 0) is 37.1 Å². The number of aromatic nitrogens is 4. The number of nitrogens with zero attached hydrogens (tertiary/aromatic N) is 6. The van der Waals surface area contributed by atoms with Crippen molar-refractivity contribution in [2.75, 3.05) is 38.2 Å². The van der Waals surface area contributed by atoms with Crippen LogP contribution in [0.4, 0.5) is 5.69 Å². The molecule has 0 atom stereocenters. The lowest BCUT2D eigenvalue weighted by atomic mass is 10.2. The highest BCUT2D eigenvalue weighted by Gasteiger charge is 2.27. The maximum atomic E-state index is 5.39. The number of rotatable bonds is 5. The van der Waals surface area contributed by atoms with E-state index in [4.69, 9.17) is 9.72 Å². The summed E-state index contributed by atoms with van der Waals surface area (Å²) in [6.45, 7) is 4.91. The molecule has 144 valence electrons. The molecule has 1 aliphatic heterocycles. The highest BCUT2D eigenvalue weighted by atomic mass is 16.5. The molecule has 7 nitrogen and oxygen atoms in total. The Hall–Kier alpha value is -2.80. The molecule has 3 heterocycles. The molecule has 1 aliphatic carbocycles. The van der Waals surface area contributed by atoms with E-state index in [9.17, 15) is 0 Å². The standard InChI is InChI=1S/C21H24N6O/c1-28-21-18-12-17(4-5-19(18)23-14-24-21)27-10-8-26(9-11-27)13-16-6-7-22-20(25-16)15-2-3-15/h4-7,12,14-15H,2-3,8-11,13H2,1H3. The number of benzene rings is 1. The van der Waals surface area contributed by atoms with Crippen molar-refractivity contribution in [2.45, 2.75) is 25.3 Å². The second kappa shape index (κ2) is 7.31. The van der Waals surface area contributed by atoms with Crippen molar-refractivity contribution in [3.8, 4) is 5.88 Å². The molecule has 0 bridgehead atoms. The van der Waals surface area contributed by atoms with Gasteiger partial charge in [0.25, 0.3) is 0 Å². The van der Waals surface area contributed by atoms with Gasteiger partial charge >= 0.3 is 0 Å².